The van der Waals surface area contributed by atoms with Crippen LogP contribution in [0.4, 0.5) is 0 Å². The first-order chi connectivity index (χ1) is 7.18. The minimum atomic E-state index is -0.994. The SMILES string of the molecule is Cc1cc(-n2ccnc2)c(C(=O)O)cn1. The molecule has 5 heteroatoms. The first kappa shape index (κ1) is 9.39. The maximum absolute atomic E-state index is 11.0. The number of rotatable bonds is 2. The zero-order valence-corrected chi connectivity index (χ0v) is 8.08. The zero-order chi connectivity index (χ0) is 10.8. The van der Waals surface area contributed by atoms with Gasteiger partial charge in [-0.3, -0.25) is 4.98 Å². The third-order valence-corrected chi connectivity index (χ3v) is 2.03. The van der Waals surface area contributed by atoms with E-state index < -0.39 is 5.97 Å². The Morgan fingerprint density at radius 3 is 2.93 bits per heavy atom. The van der Waals surface area contributed by atoms with Crippen molar-refractivity contribution in [2.24, 2.45) is 0 Å². The van der Waals surface area contributed by atoms with Crippen LogP contribution >= 0.6 is 0 Å². The fourth-order valence-electron chi connectivity index (χ4n) is 1.33. The third kappa shape index (κ3) is 1.71. The van der Waals surface area contributed by atoms with Crippen LogP contribution in [0.3, 0.4) is 0 Å². The number of carboxylic acids is 1. The lowest BCUT2D eigenvalue weighted by Crippen LogP contribution is -2.05. The van der Waals surface area contributed by atoms with Gasteiger partial charge in [0.05, 0.1) is 12.0 Å². The van der Waals surface area contributed by atoms with Gasteiger partial charge in [0.1, 0.15) is 5.56 Å². The Morgan fingerprint density at radius 2 is 2.33 bits per heavy atom. The molecule has 0 aliphatic heterocycles. The van der Waals surface area contributed by atoms with Crippen molar-refractivity contribution in [1.82, 2.24) is 14.5 Å². The van der Waals surface area contributed by atoms with Crippen molar-refractivity contribution in [2.75, 3.05) is 0 Å². The Hall–Kier alpha value is -2.17. The second-order valence-electron chi connectivity index (χ2n) is 3.12. The van der Waals surface area contributed by atoms with Gasteiger partial charge in [-0.2, -0.15) is 0 Å². The molecule has 0 fully saturated rings. The van der Waals surface area contributed by atoms with Crippen LogP contribution in [0.15, 0.2) is 31.0 Å². The molecular weight excluding hydrogens is 194 g/mol. The fraction of sp³-hybridized carbons (Fsp3) is 0.100. The lowest BCUT2D eigenvalue weighted by molar-refractivity contribution is 0.0696. The van der Waals surface area contributed by atoms with Gasteiger partial charge in [-0.1, -0.05) is 0 Å². The summed E-state index contributed by atoms with van der Waals surface area (Å²) in [7, 11) is 0. The molecule has 0 aromatic carbocycles. The molecule has 2 rings (SSSR count). The Kier molecular flexibility index (Phi) is 2.21. The van der Waals surface area contributed by atoms with Gasteiger partial charge >= 0.3 is 5.97 Å². The molecule has 15 heavy (non-hydrogen) atoms. The van der Waals surface area contributed by atoms with Crippen LogP contribution in [-0.2, 0) is 0 Å². The number of aromatic carboxylic acids is 1. The number of carbonyl (C=O) groups is 1. The molecule has 0 aliphatic carbocycles. The lowest BCUT2D eigenvalue weighted by atomic mass is 10.2. The van der Waals surface area contributed by atoms with Crippen molar-refractivity contribution in [3.05, 3.63) is 42.2 Å². The van der Waals surface area contributed by atoms with Crippen LogP contribution < -0.4 is 0 Å². The summed E-state index contributed by atoms with van der Waals surface area (Å²) in [6.45, 7) is 1.81. The van der Waals surface area contributed by atoms with Crippen molar-refractivity contribution in [2.45, 2.75) is 6.92 Å². The van der Waals surface area contributed by atoms with E-state index in [9.17, 15) is 4.79 Å². The summed E-state index contributed by atoms with van der Waals surface area (Å²) in [6, 6.07) is 1.71. The number of pyridine rings is 1. The topological polar surface area (TPSA) is 68.0 Å². The summed E-state index contributed by atoms with van der Waals surface area (Å²) < 4.78 is 1.65. The summed E-state index contributed by atoms with van der Waals surface area (Å²) in [5.74, 6) is -0.994. The van der Waals surface area contributed by atoms with Crippen LogP contribution in [0.5, 0.6) is 0 Å². The Labute approximate surface area is 86.0 Å². The highest BCUT2D eigenvalue weighted by Gasteiger charge is 2.11. The minimum Gasteiger partial charge on any atom is -0.478 e. The van der Waals surface area contributed by atoms with Crippen LogP contribution in [0.2, 0.25) is 0 Å². The zero-order valence-electron chi connectivity index (χ0n) is 8.08. The quantitative estimate of drug-likeness (QED) is 0.798. The molecule has 5 nitrogen and oxygen atoms in total. The molecule has 2 aromatic rings. The molecule has 0 unspecified atom stereocenters. The summed E-state index contributed by atoms with van der Waals surface area (Å²) in [5.41, 5.74) is 1.51. The molecule has 2 aromatic heterocycles. The highest BCUT2D eigenvalue weighted by molar-refractivity contribution is 5.91. The van der Waals surface area contributed by atoms with E-state index in [4.69, 9.17) is 5.11 Å². The van der Waals surface area contributed by atoms with Crippen molar-refractivity contribution in [1.29, 1.82) is 0 Å². The van der Waals surface area contributed by atoms with Gasteiger partial charge < -0.3 is 9.67 Å². The molecule has 0 radical (unpaired) electrons. The van der Waals surface area contributed by atoms with E-state index >= 15 is 0 Å². The largest absolute Gasteiger partial charge is 0.478 e. The molecule has 0 aliphatic rings. The summed E-state index contributed by atoms with van der Waals surface area (Å²) >= 11 is 0. The molecule has 76 valence electrons. The van der Waals surface area contributed by atoms with Crippen molar-refractivity contribution >= 4 is 5.97 Å². The van der Waals surface area contributed by atoms with E-state index in [0.29, 0.717) is 5.69 Å². The van der Waals surface area contributed by atoms with E-state index in [2.05, 4.69) is 9.97 Å². The van der Waals surface area contributed by atoms with E-state index in [-0.39, 0.29) is 5.56 Å². The summed E-state index contributed by atoms with van der Waals surface area (Å²) in [5, 5.41) is 8.98. The monoisotopic (exact) mass is 203 g/mol. The number of imidazole rings is 1. The van der Waals surface area contributed by atoms with Gasteiger partial charge in [0, 0.05) is 24.3 Å². The molecule has 0 atom stereocenters. The molecule has 0 spiro atoms. The fourth-order valence-corrected chi connectivity index (χ4v) is 1.33. The smallest absolute Gasteiger partial charge is 0.339 e. The highest BCUT2D eigenvalue weighted by Crippen LogP contribution is 2.14. The molecule has 1 N–H and O–H groups in total. The lowest BCUT2D eigenvalue weighted by Gasteiger charge is -2.06. The average Bonchev–Trinajstić information content (AvgIpc) is 2.69. The number of aryl methyl sites for hydroxylation is 1. The van der Waals surface area contributed by atoms with Crippen LogP contribution in [0, 0.1) is 6.92 Å². The number of hydrogen-bond donors (Lipinski definition) is 1. The van der Waals surface area contributed by atoms with Crippen LogP contribution in [0.25, 0.3) is 5.69 Å². The normalized spacial score (nSPS) is 10.2. The average molecular weight is 203 g/mol. The molecule has 0 saturated carbocycles. The molecule has 0 amide bonds. The summed E-state index contributed by atoms with van der Waals surface area (Å²) in [4.78, 5) is 18.8. The molecule has 0 saturated heterocycles. The van der Waals surface area contributed by atoms with Crippen molar-refractivity contribution in [3.8, 4) is 5.69 Å². The van der Waals surface area contributed by atoms with Gasteiger partial charge in [-0.25, -0.2) is 9.78 Å². The van der Waals surface area contributed by atoms with Crippen LogP contribution in [0.1, 0.15) is 16.1 Å². The first-order valence-corrected chi connectivity index (χ1v) is 4.37. The predicted molar refractivity (Wildman–Crippen MR) is 53.1 cm³/mol. The second kappa shape index (κ2) is 3.53. The maximum Gasteiger partial charge on any atom is 0.339 e. The van der Waals surface area contributed by atoms with Gasteiger partial charge in [0.15, 0.2) is 0 Å². The standard InChI is InChI=1S/C10H9N3O2/c1-7-4-9(13-3-2-11-6-13)8(5-12-7)10(14)15/h2-6H,1H3,(H,14,15). The van der Waals surface area contributed by atoms with Gasteiger partial charge in [0.2, 0.25) is 0 Å². The number of hydrogen-bond acceptors (Lipinski definition) is 3. The minimum absolute atomic E-state index is 0.165. The second-order valence-corrected chi connectivity index (χ2v) is 3.12. The number of carboxylic acid groups (broad SMARTS) is 1. The molecule has 0 bridgehead atoms. The number of aromatic nitrogens is 3. The van der Waals surface area contributed by atoms with Crippen LogP contribution in [-0.4, -0.2) is 25.6 Å². The first-order valence-electron chi connectivity index (χ1n) is 4.37. The Balaban J connectivity index is 2.63. The van der Waals surface area contributed by atoms with Gasteiger partial charge in [0.25, 0.3) is 0 Å². The van der Waals surface area contributed by atoms with E-state index in [1.54, 1.807) is 29.4 Å². The van der Waals surface area contributed by atoms with E-state index in [1.165, 1.54) is 6.20 Å². The van der Waals surface area contributed by atoms with Gasteiger partial charge in [-0.15, -0.1) is 0 Å². The van der Waals surface area contributed by atoms with Crippen molar-refractivity contribution < 1.29 is 9.90 Å². The van der Waals surface area contributed by atoms with E-state index in [1.807, 2.05) is 6.92 Å². The highest BCUT2D eigenvalue weighted by atomic mass is 16.4. The summed E-state index contributed by atoms with van der Waals surface area (Å²) in [6.07, 6.45) is 6.21. The molecular formula is C10H9N3O2. The van der Waals surface area contributed by atoms with E-state index in [0.717, 1.165) is 5.69 Å². The molecule has 2 heterocycles. The number of nitrogens with zero attached hydrogens (tertiary/aromatic N) is 3. The Morgan fingerprint density at radius 1 is 1.53 bits per heavy atom. The maximum atomic E-state index is 11.0. The predicted octanol–water partition coefficient (Wildman–Crippen LogP) is 1.27. The van der Waals surface area contributed by atoms with Gasteiger partial charge in [-0.05, 0) is 13.0 Å². The Bertz CT molecular complexity index is 491. The third-order valence-electron chi connectivity index (χ3n) is 2.03. The van der Waals surface area contributed by atoms with Crippen molar-refractivity contribution in [3.63, 3.8) is 0 Å².